The predicted molar refractivity (Wildman–Crippen MR) is 90.6 cm³/mol. The molecule has 0 saturated heterocycles. The van der Waals surface area contributed by atoms with Crippen molar-refractivity contribution in [2.75, 3.05) is 6.54 Å². The van der Waals surface area contributed by atoms with Crippen LogP contribution in [-0.4, -0.2) is 20.9 Å². The molecule has 0 fully saturated rings. The van der Waals surface area contributed by atoms with Gasteiger partial charge in [-0.3, -0.25) is 4.79 Å². The van der Waals surface area contributed by atoms with Gasteiger partial charge in [0, 0.05) is 15.1 Å². The van der Waals surface area contributed by atoms with E-state index in [9.17, 15) is 13.2 Å². The maximum absolute atomic E-state index is 12.1. The molecule has 0 bridgehead atoms. The number of hydrogen-bond acceptors (Lipinski definition) is 4. The summed E-state index contributed by atoms with van der Waals surface area (Å²) in [4.78, 5) is 11.7. The second kappa shape index (κ2) is 7.92. The van der Waals surface area contributed by atoms with Crippen LogP contribution in [0.1, 0.15) is 5.56 Å². The number of rotatable bonds is 6. The van der Waals surface area contributed by atoms with Crippen LogP contribution in [-0.2, 0) is 26.2 Å². The quantitative estimate of drug-likeness (QED) is 0.732. The van der Waals surface area contributed by atoms with Gasteiger partial charge in [0.1, 0.15) is 13.2 Å². The van der Waals surface area contributed by atoms with Crippen LogP contribution >= 0.6 is 27.5 Å². The van der Waals surface area contributed by atoms with Gasteiger partial charge in [0.2, 0.25) is 10.0 Å². The molecule has 0 heterocycles. The highest BCUT2D eigenvalue weighted by atomic mass is 79.9. The normalized spacial score (nSPS) is 11.2. The van der Waals surface area contributed by atoms with Gasteiger partial charge < -0.3 is 4.74 Å². The molecule has 2 aromatic rings. The second-order valence-electron chi connectivity index (χ2n) is 4.53. The number of sulfonamides is 1. The first-order chi connectivity index (χ1) is 10.9. The van der Waals surface area contributed by atoms with Crippen molar-refractivity contribution in [2.45, 2.75) is 11.5 Å². The van der Waals surface area contributed by atoms with Crippen molar-refractivity contribution in [1.29, 1.82) is 0 Å². The number of ether oxygens (including phenoxy) is 1. The van der Waals surface area contributed by atoms with Crippen LogP contribution in [0.3, 0.4) is 0 Å². The van der Waals surface area contributed by atoms with Gasteiger partial charge in [-0.2, -0.15) is 4.72 Å². The summed E-state index contributed by atoms with van der Waals surface area (Å²) in [6, 6.07) is 13.1. The Kier molecular flexibility index (Phi) is 6.17. The van der Waals surface area contributed by atoms with Gasteiger partial charge >= 0.3 is 5.97 Å². The summed E-state index contributed by atoms with van der Waals surface area (Å²) in [6.45, 7) is -0.476. The van der Waals surface area contributed by atoms with Crippen LogP contribution in [0.5, 0.6) is 0 Å². The molecule has 0 spiro atoms. The van der Waals surface area contributed by atoms with Crippen LogP contribution in [0.4, 0.5) is 0 Å². The lowest BCUT2D eigenvalue weighted by atomic mass is 10.2. The molecule has 0 aliphatic rings. The van der Waals surface area contributed by atoms with Gasteiger partial charge in [-0.05, 0) is 24.3 Å². The van der Waals surface area contributed by atoms with Crippen molar-refractivity contribution in [1.82, 2.24) is 4.72 Å². The molecule has 0 aliphatic carbocycles. The van der Waals surface area contributed by atoms with Gasteiger partial charge in [-0.1, -0.05) is 51.8 Å². The lowest BCUT2D eigenvalue weighted by Gasteiger charge is -2.08. The molecular formula is C15H13BrClNO4S. The van der Waals surface area contributed by atoms with Crippen LogP contribution in [0.2, 0.25) is 5.02 Å². The number of esters is 1. The minimum absolute atomic E-state index is 0.0167. The fourth-order valence-electron chi connectivity index (χ4n) is 1.70. The smallest absolute Gasteiger partial charge is 0.321 e. The largest absolute Gasteiger partial charge is 0.460 e. The first kappa shape index (κ1) is 17.9. The fraction of sp³-hybridized carbons (Fsp3) is 0.133. The molecule has 23 heavy (non-hydrogen) atoms. The number of carbonyl (C=O) groups excluding carboxylic acids is 1. The molecule has 0 aliphatic heterocycles. The van der Waals surface area contributed by atoms with Crippen molar-refractivity contribution < 1.29 is 17.9 Å². The minimum Gasteiger partial charge on any atom is -0.460 e. The summed E-state index contributed by atoms with van der Waals surface area (Å²) < 4.78 is 31.9. The van der Waals surface area contributed by atoms with E-state index in [1.54, 1.807) is 36.4 Å². The first-order valence-electron chi connectivity index (χ1n) is 6.53. The van der Waals surface area contributed by atoms with Crippen LogP contribution < -0.4 is 4.72 Å². The molecule has 0 saturated carbocycles. The van der Waals surface area contributed by atoms with E-state index >= 15 is 0 Å². The standard InChI is InChI=1S/C15H13BrClNO4S/c16-12-5-3-6-13(8-12)23(20,21)18-9-15(19)22-10-11-4-1-2-7-14(11)17/h1-8,18H,9-10H2. The van der Waals surface area contributed by atoms with E-state index in [2.05, 4.69) is 20.7 Å². The second-order valence-corrected chi connectivity index (χ2v) is 7.62. The zero-order chi connectivity index (χ0) is 16.9. The maximum atomic E-state index is 12.1. The minimum atomic E-state index is -3.78. The van der Waals surface area contributed by atoms with Gasteiger partial charge in [0.25, 0.3) is 0 Å². The third-order valence-corrected chi connectivity index (χ3v) is 5.12. The zero-order valence-corrected chi connectivity index (χ0v) is 15.0. The van der Waals surface area contributed by atoms with Crippen molar-refractivity contribution >= 4 is 43.5 Å². The number of benzene rings is 2. The summed E-state index contributed by atoms with van der Waals surface area (Å²) in [6.07, 6.45) is 0. The molecule has 0 aromatic heterocycles. The highest BCUT2D eigenvalue weighted by molar-refractivity contribution is 9.10. The summed E-state index contributed by atoms with van der Waals surface area (Å²) in [5.41, 5.74) is 0.650. The Balaban J connectivity index is 1.90. The summed E-state index contributed by atoms with van der Waals surface area (Å²) in [5, 5.41) is 0.481. The number of hydrogen-bond donors (Lipinski definition) is 1. The van der Waals surface area contributed by atoms with Crippen LogP contribution in [0.15, 0.2) is 57.9 Å². The van der Waals surface area contributed by atoms with Gasteiger partial charge in [0.05, 0.1) is 4.90 Å². The van der Waals surface area contributed by atoms with Crippen molar-refractivity contribution in [3.63, 3.8) is 0 Å². The molecular weight excluding hydrogens is 406 g/mol. The molecule has 2 aromatic carbocycles. The van der Waals surface area contributed by atoms with E-state index in [0.29, 0.717) is 15.1 Å². The van der Waals surface area contributed by atoms with Crippen molar-refractivity contribution in [2.24, 2.45) is 0 Å². The molecule has 1 N–H and O–H groups in total. The molecule has 2 rings (SSSR count). The molecule has 0 amide bonds. The van der Waals surface area contributed by atoms with E-state index in [0.717, 1.165) is 0 Å². The highest BCUT2D eigenvalue weighted by Crippen LogP contribution is 2.17. The maximum Gasteiger partial charge on any atom is 0.321 e. The summed E-state index contributed by atoms with van der Waals surface area (Å²) in [5.74, 6) is -0.691. The van der Waals surface area contributed by atoms with E-state index in [1.165, 1.54) is 12.1 Å². The molecule has 5 nitrogen and oxygen atoms in total. The molecule has 8 heteroatoms. The average Bonchev–Trinajstić information content (AvgIpc) is 2.52. The third-order valence-electron chi connectivity index (χ3n) is 2.86. The Labute approximate surface area is 147 Å². The van der Waals surface area contributed by atoms with E-state index < -0.39 is 22.5 Å². The molecule has 0 atom stereocenters. The molecule has 0 radical (unpaired) electrons. The lowest BCUT2D eigenvalue weighted by molar-refractivity contribution is -0.143. The first-order valence-corrected chi connectivity index (χ1v) is 9.18. The third kappa shape index (κ3) is 5.31. The Bertz CT molecular complexity index is 811. The highest BCUT2D eigenvalue weighted by Gasteiger charge is 2.16. The van der Waals surface area contributed by atoms with Gasteiger partial charge in [-0.15, -0.1) is 0 Å². The van der Waals surface area contributed by atoms with E-state index in [-0.39, 0.29) is 11.5 Å². The van der Waals surface area contributed by atoms with E-state index in [1.807, 2.05) is 0 Å². The predicted octanol–water partition coefficient (Wildman–Crippen LogP) is 3.12. The zero-order valence-electron chi connectivity index (χ0n) is 11.8. The number of carbonyl (C=O) groups is 1. The van der Waals surface area contributed by atoms with Gasteiger partial charge in [-0.25, -0.2) is 8.42 Å². The molecule has 0 unspecified atom stereocenters. The lowest BCUT2D eigenvalue weighted by Crippen LogP contribution is -2.30. The number of nitrogens with one attached hydrogen (secondary N) is 1. The SMILES string of the molecule is O=C(CNS(=O)(=O)c1cccc(Br)c1)OCc1ccccc1Cl. The van der Waals surface area contributed by atoms with E-state index in [4.69, 9.17) is 16.3 Å². The Hall–Kier alpha value is -1.41. The average molecular weight is 419 g/mol. The molecule has 122 valence electrons. The number of halogens is 2. The Morgan fingerprint density at radius 2 is 1.91 bits per heavy atom. The van der Waals surface area contributed by atoms with Crippen molar-refractivity contribution in [3.05, 3.63) is 63.6 Å². The monoisotopic (exact) mass is 417 g/mol. The summed E-state index contributed by atoms with van der Waals surface area (Å²) in [7, 11) is -3.78. The summed E-state index contributed by atoms with van der Waals surface area (Å²) >= 11 is 9.14. The fourth-order valence-corrected chi connectivity index (χ4v) is 3.45. The van der Waals surface area contributed by atoms with Crippen molar-refractivity contribution in [3.8, 4) is 0 Å². The topological polar surface area (TPSA) is 72.5 Å². The van der Waals surface area contributed by atoms with Crippen LogP contribution in [0, 0.1) is 0 Å². The Morgan fingerprint density at radius 3 is 2.61 bits per heavy atom. The van der Waals surface area contributed by atoms with Crippen LogP contribution in [0.25, 0.3) is 0 Å². The van der Waals surface area contributed by atoms with Gasteiger partial charge in [0.15, 0.2) is 0 Å². The Morgan fingerprint density at radius 1 is 1.17 bits per heavy atom.